The van der Waals surface area contributed by atoms with Gasteiger partial charge in [0.1, 0.15) is 0 Å². The van der Waals surface area contributed by atoms with E-state index in [1.807, 2.05) is 6.20 Å². The standard InChI is InChI=1S/C14H18N2OS/c1-10-2-4-13-12(8-10)11(9-16-13)3-5-14(17)15-6-7-18/h2,4,8-9,16,18H,3,5-7H2,1H3,(H,15,17). The first-order chi connectivity index (χ1) is 8.70. The maximum atomic E-state index is 11.5. The Balaban J connectivity index is 2.03. The van der Waals surface area contributed by atoms with Gasteiger partial charge in [0.25, 0.3) is 0 Å². The van der Waals surface area contributed by atoms with Crippen molar-refractivity contribution >= 4 is 29.4 Å². The van der Waals surface area contributed by atoms with Crippen LogP contribution in [0.25, 0.3) is 10.9 Å². The van der Waals surface area contributed by atoms with Crippen molar-refractivity contribution in [3.05, 3.63) is 35.5 Å². The van der Waals surface area contributed by atoms with Gasteiger partial charge in [-0.05, 0) is 31.0 Å². The van der Waals surface area contributed by atoms with Gasteiger partial charge in [-0.2, -0.15) is 12.6 Å². The lowest BCUT2D eigenvalue weighted by Crippen LogP contribution is -2.25. The molecule has 3 nitrogen and oxygen atoms in total. The summed E-state index contributed by atoms with van der Waals surface area (Å²) in [6, 6.07) is 6.32. The third-order valence-corrected chi connectivity index (χ3v) is 3.20. The van der Waals surface area contributed by atoms with Crippen LogP contribution in [0.1, 0.15) is 17.5 Å². The number of hydrogen-bond donors (Lipinski definition) is 3. The van der Waals surface area contributed by atoms with Gasteiger partial charge in [-0.25, -0.2) is 0 Å². The molecule has 0 saturated heterocycles. The second-order valence-corrected chi connectivity index (χ2v) is 4.88. The first-order valence-electron chi connectivity index (χ1n) is 6.15. The third-order valence-electron chi connectivity index (χ3n) is 2.98. The molecule has 0 aliphatic heterocycles. The number of thiol groups is 1. The van der Waals surface area contributed by atoms with Crippen LogP contribution < -0.4 is 5.32 Å². The maximum absolute atomic E-state index is 11.5. The highest BCUT2D eigenvalue weighted by Gasteiger charge is 2.06. The van der Waals surface area contributed by atoms with Crippen molar-refractivity contribution in [2.24, 2.45) is 0 Å². The second kappa shape index (κ2) is 5.96. The number of carbonyl (C=O) groups excluding carboxylic acids is 1. The van der Waals surface area contributed by atoms with Crippen LogP contribution in [0.3, 0.4) is 0 Å². The van der Waals surface area contributed by atoms with Gasteiger partial charge in [-0.1, -0.05) is 11.6 Å². The lowest BCUT2D eigenvalue weighted by Gasteiger charge is -2.03. The van der Waals surface area contributed by atoms with Crippen LogP contribution in [0.2, 0.25) is 0 Å². The van der Waals surface area contributed by atoms with E-state index in [0.29, 0.717) is 18.7 Å². The zero-order valence-corrected chi connectivity index (χ0v) is 11.4. The van der Waals surface area contributed by atoms with E-state index in [0.717, 1.165) is 11.9 Å². The van der Waals surface area contributed by atoms with E-state index in [-0.39, 0.29) is 5.91 Å². The minimum atomic E-state index is 0.0889. The Morgan fingerprint density at radius 3 is 3.06 bits per heavy atom. The molecule has 1 aromatic carbocycles. The average Bonchev–Trinajstić information content (AvgIpc) is 2.76. The second-order valence-electron chi connectivity index (χ2n) is 4.44. The van der Waals surface area contributed by atoms with Crippen LogP contribution in [0, 0.1) is 6.92 Å². The summed E-state index contributed by atoms with van der Waals surface area (Å²) in [7, 11) is 0. The topological polar surface area (TPSA) is 44.9 Å². The summed E-state index contributed by atoms with van der Waals surface area (Å²) < 4.78 is 0. The number of aryl methyl sites for hydroxylation is 2. The molecule has 0 aliphatic carbocycles. The van der Waals surface area contributed by atoms with Gasteiger partial charge in [-0.15, -0.1) is 0 Å². The van der Waals surface area contributed by atoms with Gasteiger partial charge in [-0.3, -0.25) is 4.79 Å². The van der Waals surface area contributed by atoms with Gasteiger partial charge in [0.05, 0.1) is 0 Å². The zero-order valence-electron chi connectivity index (χ0n) is 10.5. The van der Waals surface area contributed by atoms with Gasteiger partial charge >= 0.3 is 0 Å². The number of benzene rings is 1. The van der Waals surface area contributed by atoms with E-state index in [1.54, 1.807) is 0 Å². The van der Waals surface area contributed by atoms with Crippen molar-refractivity contribution in [1.29, 1.82) is 0 Å². The molecule has 1 amide bonds. The van der Waals surface area contributed by atoms with Crippen molar-refractivity contribution < 1.29 is 4.79 Å². The predicted octanol–water partition coefficient (Wildman–Crippen LogP) is 2.45. The summed E-state index contributed by atoms with van der Waals surface area (Å²) in [5.74, 6) is 0.768. The molecule has 0 fully saturated rings. The fraction of sp³-hybridized carbons (Fsp3) is 0.357. The Kier molecular flexibility index (Phi) is 4.31. The number of carbonyl (C=O) groups is 1. The van der Waals surface area contributed by atoms with Crippen molar-refractivity contribution in [2.75, 3.05) is 12.3 Å². The molecule has 0 saturated carbocycles. The van der Waals surface area contributed by atoms with Gasteiger partial charge < -0.3 is 10.3 Å². The highest BCUT2D eigenvalue weighted by molar-refractivity contribution is 7.80. The molecule has 0 aliphatic rings. The molecule has 0 atom stereocenters. The monoisotopic (exact) mass is 262 g/mol. The Hall–Kier alpha value is -1.42. The van der Waals surface area contributed by atoms with Gasteiger partial charge in [0, 0.05) is 35.8 Å². The fourth-order valence-corrected chi connectivity index (χ4v) is 2.14. The minimum absolute atomic E-state index is 0.0889. The predicted molar refractivity (Wildman–Crippen MR) is 78.2 cm³/mol. The summed E-state index contributed by atoms with van der Waals surface area (Å²) >= 11 is 4.06. The number of aromatic nitrogens is 1. The maximum Gasteiger partial charge on any atom is 0.220 e. The van der Waals surface area contributed by atoms with E-state index in [4.69, 9.17) is 0 Å². The molecular weight excluding hydrogens is 244 g/mol. The molecule has 96 valence electrons. The first kappa shape index (κ1) is 13.0. The SMILES string of the molecule is Cc1ccc2[nH]cc(CCC(=O)NCCS)c2c1. The molecule has 0 spiro atoms. The Morgan fingerprint density at radius 1 is 1.44 bits per heavy atom. The highest BCUT2D eigenvalue weighted by atomic mass is 32.1. The lowest BCUT2D eigenvalue weighted by atomic mass is 10.1. The third kappa shape index (κ3) is 3.07. The Morgan fingerprint density at radius 2 is 2.28 bits per heavy atom. The number of rotatable bonds is 5. The van der Waals surface area contributed by atoms with Crippen LogP contribution in [0.4, 0.5) is 0 Å². The zero-order chi connectivity index (χ0) is 13.0. The highest BCUT2D eigenvalue weighted by Crippen LogP contribution is 2.20. The Labute approximate surface area is 112 Å². The summed E-state index contributed by atoms with van der Waals surface area (Å²) in [4.78, 5) is 14.8. The molecule has 18 heavy (non-hydrogen) atoms. The number of aromatic amines is 1. The largest absolute Gasteiger partial charge is 0.361 e. The van der Waals surface area contributed by atoms with Gasteiger partial charge in [0.15, 0.2) is 0 Å². The summed E-state index contributed by atoms with van der Waals surface area (Å²) in [6.07, 6.45) is 3.28. The lowest BCUT2D eigenvalue weighted by molar-refractivity contribution is -0.120. The van der Waals surface area contributed by atoms with Crippen molar-refractivity contribution in [1.82, 2.24) is 10.3 Å². The quantitative estimate of drug-likeness (QED) is 0.712. The molecule has 2 aromatic rings. The van der Waals surface area contributed by atoms with E-state index >= 15 is 0 Å². The molecule has 2 N–H and O–H groups in total. The molecule has 2 rings (SSSR count). The summed E-state index contributed by atoms with van der Waals surface area (Å²) in [5, 5.41) is 4.05. The number of amides is 1. The van der Waals surface area contributed by atoms with Crippen molar-refractivity contribution in [2.45, 2.75) is 19.8 Å². The summed E-state index contributed by atoms with van der Waals surface area (Å²) in [5.41, 5.74) is 3.57. The molecule has 0 bridgehead atoms. The van der Waals surface area contributed by atoms with Gasteiger partial charge in [0.2, 0.25) is 5.91 Å². The van der Waals surface area contributed by atoms with Crippen LogP contribution >= 0.6 is 12.6 Å². The number of nitrogens with one attached hydrogen (secondary N) is 2. The van der Waals surface area contributed by atoms with Crippen LogP contribution in [-0.2, 0) is 11.2 Å². The van der Waals surface area contributed by atoms with Crippen molar-refractivity contribution in [3.63, 3.8) is 0 Å². The fourth-order valence-electron chi connectivity index (χ4n) is 2.03. The molecule has 1 heterocycles. The molecular formula is C14H18N2OS. The van der Waals surface area contributed by atoms with E-state index < -0.39 is 0 Å². The van der Waals surface area contributed by atoms with Crippen LogP contribution in [-0.4, -0.2) is 23.2 Å². The van der Waals surface area contributed by atoms with Crippen LogP contribution in [0.15, 0.2) is 24.4 Å². The van der Waals surface area contributed by atoms with E-state index in [2.05, 4.69) is 48.1 Å². The number of fused-ring (bicyclic) bond motifs is 1. The number of hydrogen-bond acceptors (Lipinski definition) is 2. The van der Waals surface area contributed by atoms with E-state index in [9.17, 15) is 4.79 Å². The number of H-pyrrole nitrogens is 1. The Bertz CT molecular complexity index is 548. The molecule has 1 aromatic heterocycles. The molecule has 0 radical (unpaired) electrons. The normalized spacial score (nSPS) is 10.8. The first-order valence-corrected chi connectivity index (χ1v) is 6.78. The average molecular weight is 262 g/mol. The summed E-state index contributed by atoms with van der Waals surface area (Å²) in [6.45, 7) is 2.71. The smallest absolute Gasteiger partial charge is 0.220 e. The molecule has 4 heteroatoms. The van der Waals surface area contributed by atoms with Crippen LogP contribution in [0.5, 0.6) is 0 Å². The van der Waals surface area contributed by atoms with E-state index in [1.165, 1.54) is 16.5 Å². The van der Waals surface area contributed by atoms with Crippen molar-refractivity contribution in [3.8, 4) is 0 Å². The minimum Gasteiger partial charge on any atom is -0.361 e. The molecule has 0 unspecified atom stereocenters.